The smallest absolute Gasteiger partial charge is 0.220 e. The van der Waals surface area contributed by atoms with Gasteiger partial charge in [0.25, 0.3) is 0 Å². The van der Waals surface area contributed by atoms with Crippen molar-refractivity contribution >= 4 is 11.8 Å². The molecule has 0 heterocycles. The molecule has 0 aliphatic heterocycles. The van der Waals surface area contributed by atoms with E-state index in [-0.39, 0.29) is 30.7 Å². The van der Waals surface area contributed by atoms with Gasteiger partial charge < -0.3 is 10.6 Å². The van der Waals surface area contributed by atoms with Crippen LogP contribution in [0, 0.1) is 11.8 Å². The van der Waals surface area contributed by atoms with Gasteiger partial charge in [-0.25, -0.2) is 0 Å². The van der Waals surface area contributed by atoms with E-state index < -0.39 is 0 Å². The van der Waals surface area contributed by atoms with Crippen LogP contribution >= 0.6 is 0 Å². The summed E-state index contributed by atoms with van der Waals surface area (Å²) in [5.74, 6) is 1.09. The van der Waals surface area contributed by atoms with Crippen LogP contribution in [0.3, 0.4) is 0 Å². The highest BCUT2D eigenvalue weighted by molar-refractivity contribution is 5.83. The summed E-state index contributed by atoms with van der Waals surface area (Å²) in [5, 5.41) is 5.96. The first-order valence-electron chi connectivity index (χ1n) is 8.66. The minimum atomic E-state index is -0.0749. The topological polar surface area (TPSA) is 58.2 Å². The highest BCUT2D eigenvalue weighted by Gasteiger charge is 2.27. The van der Waals surface area contributed by atoms with Crippen LogP contribution in [-0.2, 0) is 16.1 Å². The van der Waals surface area contributed by atoms with Crippen molar-refractivity contribution in [2.45, 2.75) is 58.5 Å². The van der Waals surface area contributed by atoms with Crippen molar-refractivity contribution in [3.63, 3.8) is 0 Å². The second-order valence-electron chi connectivity index (χ2n) is 6.70. The predicted octanol–water partition coefficient (Wildman–Crippen LogP) is 3.02. The Balaban J connectivity index is 1.66. The zero-order valence-corrected chi connectivity index (χ0v) is 14.2. The molecule has 1 fully saturated rings. The maximum atomic E-state index is 12.1. The highest BCUT2D eigenvalue weighted by atomic mass is 16.2. The molecule has 1 aliphatic carbocycles. The molecule has 4 nitrogen and oxygen atoms in total. The molecular weight excluding hydrogens is 288 g/mol. The molecule has 0 bridgehead atoms. The standard InChI is InChI=1S/C19H28N2O2/c1-14-7-6-10-17(15(14)2)21-19(23)12-11-18(22)20-13-16-8-4-3-5-9-16/h3-5,8-9,14-15,17H,6-7,10-13H2,1-2H3,(H,20,22)(H,21,23)/t14-,15+,17+/m1/s1. The van der Waals surface area contributed by atoms with Crippen LogP contribution in [0.15, 0.2) is 30.3 Å². The average Bonchev–Trinajstić information content (AvgIpc) is 2.56. The number of hydrogen-bond donors (Lipinski definition) is 2. The second-order valence-corrected chi connectivity index (χ2v) is 6.70. The molecule has 4 heteroatoms. The summed E-state index contributed by atoms with van der Waals surface area (Å²) in [6.07, 6.45) is 3.98. The molecule has 0 spiro atoms. The van der Waals surface area contributed by atoms with Crippen molar-refractivity contribution in [1.29, 1.82) is 0 Å². The lowest BCUT2D eigenvalue weighted by Crippen LogP contribution is -2.43. The van der Waals surface area contributed by atoms with E-state index in [4.69, 9.17) is 0 Å². The summed E-state index contributed by atoms with van der Waals surface area (Å²) in [5.41, 5.74) is 1.07. The van der Waals surface area contributed by atoms with E-state index in [0.29, 0.717) is 18.4 Å². The molecule has 3 atom stereocenters. The predicted molar refractivity (Wildman–Crippen MR) is 91.6 cm³/mol. The third kappa shape index (κ3) is 5.70. The zero-order valence-electron chi connectivity index (χ0n) is 14.2. The van der Waals surface area contributed by atoms with Gasteiger partial charge >= 0.3 is 0 Å². The summed E-state index contributed by atoms with van der Waals surface area (Å²) in [7, 11) is 0. The van der Waals surface area contributed by atoms with E-state index in [9.17, 15) is 9.59 Å². The SMILES string of the molecule is C[C@H]1[C@H](C)CCC[C@@H]1NC(=O)CCC(=O)NCc1ccccc1. The van der Waals surface area contributed by atoms with E-state index in [1.165, 1.54) is 12.8 Å². The Morgan fingerprint density at radius 1 is 1.04 bits per heavy atom. The van der Waals surface area contributed by atoms with Gasteiger partial charge in [0.05, 0.1) is 0 Å². The number of amides is 2. The third-order valence-electron chi connectivity index (χ3n) is 4.96. The molecule has 2 N–H and O–H groups in total. The number of carbonyl (C=O) groups is 2. The molecule has 1 aromatic carbocycles. The molecule has 0 unspecified atom stereocenters. The zero-order chi connectivity index (χ0) is 16.7. The summed E-state index contributed by atoms with van der Waals surface area (Å²) >= 11 is 0. The van der Waals surface area contributed by atoms with Gasteiger partial charge in [0, 0.05) is 25.4 Å². The van der Waals surface area contributed by atoms with E-state index in [2.05, 4.69) is 24.5 Å². The quantitative estimate of drug-likeness (QED) is 0.847. The Morgan fingerprint density at radius 3 is 2.48 bits per heavy atom. The minimum Gasteiger partial charge on any atom is -0.353 e. The fourth-order valence-corrected chi connectivity index (χ4v) is 3.18. The van der Waals surface area contributed by atoms with Crippen LogP contribution in [0.5, 0.6) is 0 Å². The maximum absolute atomic E-state index is 12.1. The first kappa shape index (κ1) is 17.5. The molecule has 0 radical (unpaired) electrons. The van der Waals surface area contributed by atoms with Crippen LogP contribution in [0.1, 0.15) is 51.5 Å². The number of nitrogens with one attached hydrogen (secondary N) is 2. The fourth-order valence-electron chi connectivity index (χ4n) is 3.18. The number of benzene rings is 1. The first-order chi connectivity index (χ1) is 11.1. The van der Waals surface area contributed by atoms with E-state index in [0.717, 1.165) is 12.0 Å². The summed E-state index contributed by atoms with van der Waals surface area (Å²) in [6.45, 7) is 4.97. The number of hydrogen-bond acceptors (Lipinski definition) is 2. The van der Waals surface area contributed by atoms with E-state index >= 15 is 0 Å². The second kappa shape index (κ2) is 8.70. The summed E-state index contributed by atoms with van der Waals surface area (Å²) in [6, 6.07) is 10.0. The first-order valence-corrected chi connectivity index (χ1v) is 8.66. The molecule has 1 aromatic rings. The van der Waals surface area contributed by atoms with Crippen molar-refractivity contribution in [3.05, 3.63) is 35.9 Å². The Labute approximate surface area is 139 Å². The van der Waals surface area contributed by atoms with E-state index in [1.807, 2.05) is 30.3 Å². The third-order valence-corrected chi connectivity index (χ3v) is 4.96. The minimum absolute atomic E-state index is 0.00851. The van der Waals surface area contributed by atoms with Crippen LogP contribution in [0.25, 0.3) is 0 Å². The van der Waals surface area contributed by atoms with Gasteiger partial charge in [-0.3, -0.25) is 9.59 Å². The molecular formula is C19H28N2O2. The van der Waals surface area contributed by atoms with Crippen LogP contribution in [0.2, 0.25) is 0 Å². The molecule has 126 valence electrons. The molecule has 1 aliphatic rings. The lowest BCUT2D eigenvalue weighted by molar-refractivity contribution is -0.127. The van der Waals surface area contributed by atoms with Crippen LogP contribution < -0.4 is 10.6 Å². The van der Waals surface area contributed by atoms with Crippen molar-refractivity contribution < 1.29 is 9.59 Å². The number of rotatable bonds is 6. The summed E-state index contributed by atoms with van der Waals surface area (Å²) < 4.78 is 0. The van der Waals surface area contributed by atoms with Gasteiger partial charge in [0.2, 0.25) is 11.8 Å². The van der Waals surface area contributed by atoms with Crippen molar-refractivity contribution in [1.82, 2.24) is 10.6 Å². The normalized spacial score (nSPS) is 24.0. The van der Waals surface area contributed by atoms with Crippen molar-refractivity contribution in [3.8, 4) is 0 Å². The summed E-state index contributed by atoms with van der Waals surface area (Å²) in [4.78, 5) is 23.9. The maximum Gasteiger partial charge on any atom is 0.220 e. The van der Waals surface area contributed by atoms with Gasteiger partial charge in [-0.15, -0.1) is 0 Å². The molecule has 1 saturated carbocycles. The van der Waals surface area contributed by atoms with Crippen LogP contribution in [-0.4, -0.2) is 17.9 Å². The van der Waals surface area contributed by atoms with Crippen molar-refractivity contribution in [2.24, 2.45) is 11.8 Å². The Bertz CT molecular complexity index is 515. The van der Waals surface area contributed by atoms with Gasteiger partial charge in [-0.1, -0.05) is 57.0 Å². The average molecular weight is 316 g/mol. The Hall–Kier alpha value is -1.84. The van der Waals surface area contributed by atoms with Gasteiger partial charge in [0.15, 0.2) is 0 Å². The largest absolute Gasteiger partial charge is 0.353 e. The van der Waals surface area contributed by atoms with Crippen molar-refractivity contribution in [2.75, 3.05) is 0 Å². The molecule has 0 aromatic heterocycles. The molecule has 23 heavy (non-hydrogen) atoms. The lowest BCUT2D eigenvalue weighted by atomic mass is 9.78. The Morgan fingerprint density at radius 2 is 1.74 bits per heavy atom. The molecule has 0 saturated heterocycles. The van der Waals surface area contributed by atoms with Gasteiger partial charge in [-0.05, 0) is 23.8 Å². The fraction of sp³-hybridized carbons (Fsp3) is 0.579. The lowest BCUT2D eigenvalue weighted by Gasteiger charge is -2.34. The molecule has 2 rings (SSSR count). The van der Waals surface area contributed by atoms with E-state index in [1.54, 1.807) is 0 Å². The van der Waals surface area contributed by atoms with Gasteiger partial charge in [0.1, 0.15) is 0 Å². The molecule has 2 amide bonds. The monoisotopic (exact) mass is 316 g/mol. The van der Waals surface area contributed by atoms with Gasteiger partial charge in [-0.2, -0.15) is 0 Å². The van der Waals surface area contributed by atoms with Crippen LogP contribution in [0.4, 0.5) is 0 Å². The Kier molecular flexibility index (Phi) is 6.63. The highest BCUT2D eigenvalue weighted by Crippen LogP contribution is 2.29. The number of carbonyl (C=O) groups excluding carboxylic acids is 2.